The van der Waals surface area contributed by atoms with Gasteiger partial charge in [-0.15, -0.1) is 16.8 Å². The molecule has 0 aliphatic rings. The van der Waals surface area contributed by atoms with Crippen LogP contribution in [0.2, 0.25) is 0 Å². The minimum absolute atomic E-state index is 0.513. The van der Waals surface area contributed by atoms with E-state index in [1.54, 1.807) is 13.2 Å². The van der Waals surface area contributed by atoms with Crippen LogP contribution in [0.1, 0.15) is 0 Å². The molecule has 0 aliphatic carbocycles. The Balaban J connectivity index is 2.15. The van der Waals surface area contributed by atoms with E-state index in [1.165, 1.54) is 11.8 Å². The molecule has 2 aromatic rings. The van der Waals surface area contributed by atoms with E-state index in [9.17, 15) is 0 Å². The SMILES string of the molecule is C=CCSc1nnc(-c2ccc(OC)cc2)o1. The molecule has 0 spiro atoms. The Morgan fingerprint density at radius 3 is 2.76 bits per heavy atom. The summed E-state index contributed by atoms with van der Waals surface area (Å²) in [6.07, 6.45) is 1.79. The molecule has 1 aromatic heterocycles. The quantitative estimate of drug-likeness (QED) is 0.601. The number of nitrogens with zero attached hydrogens (tertiary/aromatic N) is 2. The molecule has 1 heterocycles. The minimum atomic E-state index is 0.513. The number of hydrogen-bond acceptors (Lipinski definition) is 5. The second-order valence-electron chi connectivity index (χ2n) is 3.20. The lowest BCUT2D eigenvalue weighted by molar-refractivity contribution is 0.414. The molecule has 4 nitrogen and oxygen atoms in total. The summed E-state index contributed by atoms with van der Waals surface area (Å²) in [4.78, 5) is 0. The Hall–Kier alpha value is -1.75. The zero-order chi connectivity index (χ0) is 12.1. The molecule has 0 saturated carbocycles. The van der Waals surface area contributed by atoms with Crippen LogP contribution < -0.4 is 4.74 Å². The molecule has 88 valence electrons. The third kappa shape index (κ3) is 2.88. The van der Waals surface area contributed by atoms with E-state index in [-0.39, 0.29) is 0 Å². The maximum absolute atomic E-state index is 5.50. The molecule has 0 bridgehead atoms. The summed E-state index contributed by atoms with van der Waals surface area (Å²) in [6.45, 7) is 3.64. The van der Waals surface area contributed by atoms with Crippen molar-refractivity contribution in [2.24, 2.45) is 0 Å². The first kappa shape index (κ1) is 11.7. The van der Waals surface area contributed by atoms with Crippen molar-refractivity contribution < 1.29 is 9.15 Å². The molecule has 0 unspecified atom stereocenters. The van der Waals surface area contributed by atoms with Crippen molar-refractivity contribution in [2.45, 2.75) is 5.22 Å². The molecule has 1 aromatic carbocycles. The van der Waals surface area contributed by atoms with Crippen LogP contribution in [0.15, 0.2) is 46.6 Å². The van der Waals surface area contributed by atoms with Crippen LogP contribution in [0.4, 0.5) is 0 Å². The highest BCUT2D eigenvalue weighted by Crippen LogP contribution is 2.24. The van der Waals surface area contributed by atoms with Gasteiger partial charge in [0.1, 0.15) is 5.75 Å². The maximum Gasteiger partial charge on any atom is 0.277 e. The van der Waals surface area contributed by atoms with Crippen LogP contribution >= 0.6 is 11.8 Å². The summed E-state index contributed by atoms with van der Waals surface area (Å²) in [7, 11) is 1.63. The van der Waals surface area contributed by atoms with E-state index in [1.807, 2.05) is 24.3 Å². The van der Waals surface area contributed by atoms with Crippen molar-refractivity contribution in [3.8, 4) is 17.2 Å². The van der Waals surface area contributed by atoms with Gasteiger partial charge in [0.15, 0.2) is 0 Å². The van der Waals surface area contributed by atoms with Gasteiger partial charge in [-0.2, -0.15) is 0 Å². The zero-order valence-corrected chi connectivity index (χ0v) is 10.2. The topological polar surface area (TPSA) is 48.2 Å². The first-order chi connectivity index (χ1) is 8.33. The van der Waals surface area contributed by atoms with Gasteiger partial charge in [0.25, 0.3) is 5.22 Å². The second-order valence-corrected chi connectivity index (χ2v) is 4.17. The molecule has 0 saturated heterocycles. The van der Waals surface area contributed by atoms with Crippen LogP contribution in [0, 0.1) is 0 Å². The number of thioether (sulfide) groups is 1. The molecular weight excluding hydrogens is 236 g/mol. The van der Waals surface area contributed by atoms with Gasteiger partial charge in [-0.1, -0.05) is 17.8 Å². The average Bonchev–Trinajstić information content (AvgIpc) is 2.85. The number of benzene rings is 1. The normalized spacial score (nSPS) is 10.2. The van der Waals surface area contributed by atoms with Crippen molar-refractivity contribution in [1.82, 2.24) is 10.2 Å². The minimum Gasteiger partial charge on any atom is -0.497 e. The number of methoxy groups -OCH3 is 1. The molecule has 0 aliphatic heterocycles. The predicted molar refractivity (Wildman–Crippen MR) is 67.2 cm³/mol. The fraction of sp³-hybridized carbons (Fsp3) is 0.167. The standard InChI is InChI=1S/C12H12N2O2S/c1-3-8-17-12-14-13-11(16-12)9-4-6-10(15-2)7-5-9/h3-7H,1,8H2,2H3. The Morgan fingerprint density at radius 1 is 1.35 bits per heavy atom. The van der Waals surface area contributed by atoms with E-state index in [4.69, 9.17) is 9.15 Å². The van der Waals surface area contributed by atoms with Gasteiger partial charge in [0.2, 0.25) is 5.89 Å². The van der Waals surface area contributed by atoms with Gasteiger partial charge >= 0.3 is 0 Å². The van der Waals surface area contributed by atoms with Crippen LogP contribution in [-0.4, -0.2) is 23.1 Å². The molecule has 0 N–H and O–H groups in total. The first-order valence-electron chi connectivity index (χ1n) is 5.05. The number of aromatic nitrogens is 2. The Kier molecular flexibility index (Phi) is 3.82. The molecule has 5 heteroatoms. The van der Waals surface area contributed by atoms with Gasteiger partial charge in [-0.25, -0.2) is 0 Å². The van der Waals surface area contributed by atoms with Gasteiger partial charge in [0, 0.05) is 11.3 Å². The number of ether oxygens (including phenoxy) is 1. The van der Waals surface area contributed by atoms with Crippen LogP contribution in [0.25, 0.3) is 11.5 Å². The Bertz CT molecular complexity index is 493. The van der Waals surface area contributed by atoms with Crippen molar-refractivity contribution >= 4 is 11.8 Å². The fourth-order valence-corrected chi connectivity index (χ4v) is 1.75. The van der Waals surface area contributed by atoms with Crippen LogP contribution in [0.5, 0.6) is 5.75 Å². The summed E-state index contributed by atoms with van der Waals surface area (Å²) < 4.78 is 10.6. The van der Waals surface area contributed by atoms with Gasteiger partial charge < -0.3 is 9.15 Å². The third-order valence-electron chi connectivity index (χ3n) is 2.07. The molecule has 17 heavy (non-hydrogen) atoms. The van der Waals surface area contributed by atoms with Gasteiger partial charge in [0.05, 0.1) is 7.11 Å². The molecule has 2 rings (SSSR count). The summed E-state index contributed by atoms with van der Waals surface area (Å²) in [5.41, 5.74) is 0.878. The predicted octanol–water partition coefficient (Wildman–Crippen LogP) is 3.02. The largest absolute Gasteiger partial charge is 0.497 e. The summed E-state index contributed by atoms with van der Waals surface area (Å²) in [6, 6.07) is 7.48. The van der Waals surface area contributed by atoms with E-state index >= 15 is 0 Å². The highest BCUT2D eigenvalue weighted by atomic mass is 32.2. The third-order valence-corrected chi connectivity index (χ3v) is 2.88. The van der Waals surface area contributed by atoms with E-state index in [0.717, 1.165) is 17.1 Å². The lowest BCUT2D eigenvalue weighted by atomic mass is 10.2. The summed E-state index contributed by atoms with van der Waals surface area (Å²) >= 11 is 1.46. The van der Waals surface area contributed by atoms with Crippen molar-refractivity contribution in [2.75, 3.05) is 12.9 Å². The zero-order valence-electron chi connectivity index (χ0n) is 9.42. The maximum atomic E-state index is 5.50. The molecule has 0 radical (unpaired) electrons. The molecular formula is C12H12N2O2S. The number of hydrogen-bond donors (Lipinski definition) is 0. The average molecular weight is 248 g/mol. The highest BCUT2D eigenvalue weighted by molar-refractivity contribution is 7.99. The van der Waals surface area contributed by atoms with Crippen LogP contribution in [-0.2, 0) is 0 Å². The Morgan fingerprint density at radius 2 is 2.12 bits per heavy atom. The van der Waals surface area contributed by atoms with E-state index in [2.05, 4.69) is 16.8 Å². The van der Waals surface area contributed by atoms with Crippen molar-refractivity contribution in [3.05, 3.63) is 36.9 Å². The lowest BCUT2D eigenvalue weighted by Gasteiger charge is -1.99. The molecule has 0 fully saturated rings. The van der Waals surface area contributed by atoms with Crippen LogP contribution in [0.3, 0.4) is 0 Å². The van der Waals surface area contributed by atoms with Crippen molar-refractivity contribution in [1.29, 1.82) is 0 Å². The van der Waals surface area contributed by atoms with Gasteiger partial charge in [-0.05, 0) is 24.3 Å². The number of rotatable bonds is 5. The second kappa shape index (κ2) is 5.54. The van der Waals surface area contributed by atoms with Gasteiger partial charge in [-0.3, -0.25) is 0 Å². The van der Waals surface area contributed by atoms with E-state index in [0.29, 0.717) is 11.1 Å². The Labute approximate surface area is 104 Å². The van der Waals surface area contributed by atoms with Crippen molar-refractivity contribution in [3.63, 3.8) is 0 Å². The first-order valence-corrected chi connectivity index (χ1v) is 6.03. The monoisotopic (exact) mass is 248 g/mol. The van der Waals surface area contributed by atoms with E-state index < -0.39 is 0 Å². The fourth-order valence-electron chi connectivity index (χ4n) is 1.25. The summed E-state index contributed by atoms with van der Waals surface area (Å²) in [5, 5.41) is 8.47. The lowest BCUT2D eigenvalue weighted by Crippen LogP contribution is -1.82. The molecule has 0 amide bonds. The highest BCUT2D eigenvalue weighted by Gasteiger charge is 2.08. The smallest absolute Gasteiger partial charge is 0.277 e. The molecule has 0 atom stereocenters. The summed E-state index contributed by atoms with van der Waals surface area (Å²) in [5.74, 6) is 2.07.